The average molecular weight is 1240 g/mol. The number of halogens is 2. The molecule has 4 fully saturated rings. The molecule has 6 heterocycles. The zero-order chi connectivity index (χ0) is 61.8. The summed E-state index contributed by atoms with van der Waals surface area (Å²) in [7, 11) is 0. The zero-order valence-electron chi connectivity index (χ0n) is 51.8. The van der Waals surface area contributed by atoms with Gasteiger partial charge in [0.1, 0.15) is 17.1 Å². The highest BCUT2D eigenvalue weighted by molar-refractivity contribution is 6.31. The van der Waals surface area contributed by atoms with Crippen molar-refractivity contribution in [2.45, 2.75) is 104 Å². The van der Waals surface area contributed by atoms with Crippen LogP contribution in [0.3, 0.4) is 0 Å². The number of carbonyl (C=O) groups is 6. The largest absolute Gasteiger partial charge is 0.482 e. The Balaban J connectivity index is 0.000000208. The Morgan fingerprint density at radius 2 is 1.00 bits per heavy atom. The third-order valence-corrected chi connectivity index (χ3v) is 17.9. The number of anilines is 2. The van der Waals surface area contributed by atoms with Crippen LogP contribution in [0, 0.1) is 11.3 Å². The molecule has 87 heavy (non-hydrogen) atoms. The minimum atomic E-state index is -0.507. The molecule has 0 radical (unpaired) electrons. The second-order valence-corrected chi connectivity index (χ2v) is 27.0. The summed E-state index contributed by atoms with van der Waals surface area (Å²) in [6.45, 7) is 24.5. The normalized spacial score (nSPS) is 18.6. The third kappa shape index (κ3) is 18.1. The minimum absolute atomic E-state index is 0.00928. The Labute approximate surface area is 524 Å². The number of nitrogens with zero attached hydrogens (tertiary/aromatic N) is 7. The van der Waals surface area contributed by atoms with Gasteiger partial charge in [0.15, 0.2) is 13.2 Å². The van der Waals surface area contributed by atoms with Crippen LogP contribution in [0.15, 0.2) is 84.9 Å². The quantitative estimate of drug-likeness (QED) is 0.109. The highest BCUT2D eigenvalue weighted by Gasteiger charge is 2.33. The van der Waals surface area contributed by atoms with E-state index in [9.17, 15) is 28.8 Å². The summed E-state index contributed by atoms with van der Waals surface area (Å²) in [6.07, 6.45) is 5.83. The first-order chi connectivity index (χ1) is 41.6. The Hall–Kier alpha value is -6.44. The molecule has 4 aromatic carbocycles. The summed E-state index contributed by atoms with van der Waals surface area (Å²) in [5.74, 6) is 2.42. The van der Waals surface area contributed by atoms with Crippen molar-refractivity contribution in [1.29, 1.82) is 0 Å². The maximum absolute atomic E-state index is 13.4. The number of nitrogens with one attached hydrogen (secondary N) is 2. The molecular weight excluding hydrogens is 1150 g/mol. The standard InChI is InChI=1S/C34H45ClN4O4.C33H44ClN5O5/c1-34(2,3)21-31(40)38-16-10-24(11-17-38)22-36-33(42)28-20-26(35)8-9-27(28)25-12-14-37(15-13-25)18-19-39-29-6-4-5-7-30(29)43-23-32(39)41;1-33(2,3)44-32(42)38-19-16-37(17-20-38)15-12-35-31(41)27-22-25(34)8-9-26(27)24-10-13-36(14-11-24)18-21-39-28-6-4-5-7-29(28)43-23-30(39)40/h4-9,20,24-25H,10-19,21-23H2,1-3H3,(H,36,42);4-9,22,24H,10-21,23H2,1-3H3,(H,35,41). The number of piperazine rings is 1. The van der Waals surface area contributed by atoms with Gasteiger partial charge in [0.2, 0.25) is 5.91 Å². The average Bonchev–Trinajstić information content (AvgIpc) is 2.52. The molecule has 0 atom stereocenters. The fourth-order valence-electron chi connectivity index (χ4n) is 12.6. The number of likely N-dealkylation sites (tertiary alicyclic amines) is 3. The molecule has 6 amide bonds. The van der Waals surface area contributed by atoms with E-state index in [1.807, 2.05) is 108 Å². The summed E-state index contributed by atoms with van der Waals surface area (Å²) < 4.78 is 16.6. The lowest BCUT2D eigenvalue weighted by atomic mass is 9.86. The Bertz CT molecular complexity index is 3050. The molecular formula is C67H89Cl2N9O9. The van der Waals surface area contributed by atoms with Gasteiger partial charge >= 0.3 is 6.09 Å². The van der Waals surface area contributed by atoms with Crippen molar-refractivity contribution in [3.05, 3.63) is 117 Å². The van der Waals surface area contributed by atoms with Crippen molar-refractivity contribution in [3.8, 4) is 11.5 Å². The molecule has 4 saturated heterocycles. The van der Waals surface area contributed by atoms with Crippen molar-refractivity contribution < 1.29 is 43.0 Å². The van der Waals surface area contributed by atoms with Gasteiger partial charge in [-0.3, -0.25) is 28.9 Å². The maximum atomic E-state index is 13.4. The number of rotatable bonds is 16. The predicted octanol–water partition coefficient (Wildman–Crippen LogP) is 9.58. The second kappa shape index (κ2) is 29.7. The topological polar surface area (TPSA) is 177 Å². The van der Waals surface area contributed by atoms with Gasteiger partial charge in [-0.1, -0.05) is 80.4 Å². The van der Waals surface area contributed by atoms with E-state index in [4.69, 9.17) is 37.4 Å². The molecule has 10 rings (SSSR count). The van der Waals surface area contributed by atoms with Crippen LogP contribution in [0.2, 0.25) is 10.0 Å². The second-order valence-electron chi connectivity index (χ2n) is 26.1. The molecule has 0 saturated carbocycles. The van der Waals surface area contributed by atoms with Crippen LogP contribution in [0.5, 0.6) is 11.5 Å². The number of hydrogen-bond donors (Lipinski definition) is 2. The third-order valence-electron chi connectivity index (χ3n) is 17.4. The monoisotopic (exact) mass is 1230 g/mol. The zero-order valence-corrected chi connectivity index (χ0v) is 53.3. The highest BCUT2D eigenvalue weighted by atomic mass is 35.5. The first kappa shape index (κ1) is 65.0. The smallest absolute Gasteiger partial charge is 0.410 e. The van der Waals surface area contributed by atoms with E-state index in [0.717, 1.165) is 138 Å². The van der Waals surface area contributed by atoms with Crippen LogP contribution in [0.25, 0.3) is 0 Å². The summed E-state index contributed by atoms with van der Waals surface area (Å²) >= 11 is 12.7. The van der Waals surface area contributed by atoms with Gasteiger partial charge in [0, 0.05) is 113 Å². The van der Waals surface area contributed by atoms with Crippen LogP contribution in [0.4, 0.5) is 16.2 Å². The van der Waals surface area contributed by atoms with E-state index in [-0.39, 0.29) is 66.1 Å². The minimum Gasteiger partial charge on any atom is -0.482 e. The predicted molar refractivity (Wildman–Crippen MR) is 341 cm³/mol. The molecule has 0 aromatic heterocycles. The SMILES string of the molecule is CC(C)(C)CC(=O)N1CCC(CNC(=O)c2cc(Cl)ccc2C2CCN(CCN3C(=O)COc4ccccc43)CC2)CC1.CC(C)(C)OC(=O)N1CCN(CCNC(=O)c2cc(Cl)ccc2C2CCN(CCN3C(=O)COc4ccccc43)CC2)CC1. The molecule has 0 spiro atoms. The summed E-state index contributed by atoms with van der Waals surface area (Å²) in [5, 5.41) is 7.38. The van der Waals surface area contributed by atoms with E-state index >= 15 is 0 Å². The van der Waals surface area contributed by atoms with Gasteiger partial charge < -0.3 is 54.2 Å². The van der Waals surface area contributed by atoms with Crippen molar-refractivity contribution in [1.82, 2.24) is 35.1 Å². The molecule has 6 aliphatic rings. The van der Waals surface area contributed by atoms with E-state index in [1.165, 1.54) is 0 Å². The van der Waals surface area contributed by atoms with Crippen molar-refractivity contribution in [3.63, 3.8) is 0 Å². The van der Waals surface area contributed by atoms with Crippen LogP contribution in [-0.4, -0.2) is 190 Å². The molecule has 20 heteroatoms. The highest BCUT2D eigenvalue weighted by Crippen LogP contribution is 2.37. The molecule has 0 bridgehead atoms. The lowest BCUT2D eigenvalue weighted by Crippen LogP contribution is -2.51. The summed E-state index contributed by atoms with van der Waals surface area (Å²) in [5.41, 5.74) is 4.55. The number of piperidine rings is 3. The maximum Gasteiger partial charge on any atom is 0.410 e. The molecule has 6 aliphatic heterocycles. The van der Waals surface area contributed by atoms with Crippen LogP contribution < -0.4 is 29.9 Å². The van der Waals surface area contributed by atoms with Gasteiger partial charge in [-0.15, -0.1) is 0 Å². The van der Waals surface area contributed by atoms with Crippen molar-refractivity contribution in [2.24, 2.45) is 11.3 Å². The van der Waals surface area contributed by atoms with Gasteiger partial charge in [-0.25, -0.2) is 4.79 Å². The number of fused-ring (bicyclic) bond motifs is 2. The number of ether oxygens (including phenoxy) is 3. The first-order valence-corrected chi connectivity index (χ1v) is 32.0. The van der Waals surface area contributed by atoms with E-state index in [2.05, 4.69) is 46.1 Å². The number of hydrogen-bond acceptors (Lipinski definition) is 12. The number of amides is 6. The first-order valence-electron chi connectivity index (χ1n) is 31.3. The Morgan fingerprint density at radius 1 is 0.540 bits per heavy atom. The van der Waals surface area contributed by atoms with Crippen LogP contribution in [-0.2, 0) is 19.1 Å². The van der Waals surface area contributed by atoms with Crippen molar-refractivity contribution >= 4 is 70.2 Å². The van der Waals surface area contributed by atoms with Gasteiger partial charge in [0.25, 0.3) is 23.6 Å². The lowest BCUT2D eigenvalue weighted by Gasteiger charge is -2.36. The van der Waals surface area contributed by atoms with Gasteiger partial charge in [-0.05, 0) is 168 Å². The van der Waals surface area contributed by atoms with E-state index in [1.54, 1.807) is 17.0 Å². The van der Waals surface area contributed by atoms with Crippen molar-refractivity contribution in [2.75, 3.05) is 134 Å². The van der Waals surface area contributed by atoms with E-state index in [0.29, 0.717) is 79.3 Å². The molecule has 18 nitrogen and oxygen atoms in total. The van der Waals surface area contributed by atoms with Crippen LogP contribution >= 0.6 is 23.2 Å². The van der Waals surface area contributed by atoms with Crippen LogP contribution in [0.1, 0.15) is 130 Å². The lowest BCUT2D eigenvalue weighted by molar-refractivity contribution is -0.134. The number of carbonyl (C=O) groups excluding carboxylic acids is 6. The fourth-order valence-corrected chi connectivity index (χ4v) is 12.9. The molecule has 2 N–H and O–H groups in total. The fraction of sp³-hybridized carbons (Fsp3) is 0.552. The summed E-state index contributed by atoms with van der Waals surface area (Å²) in [4.78, 5) is 91.2. The summed E-state index contributed by atoms with van der Waals surface area (Å²) in [6, 6.07) is 26.7. The molecule has 470 valence electrons. The van der Waals surface area contributed by atoms with E-state index < -0.39 is 5.60 Å². The van der Waals surface area contributed by atoms with Gasteiger partial charge in [0.05, 0.1) is 11.4 Å². The number of benzene rings is 4. The number of para-hydroxylation sites is 4. The Kier molecular flexibility index (Phi) is 22.2. The molecule has 0 unspecified atom stereocenters. The molecule has 4 aromatic rings. The Morgan fingerprint density at radius 3 is 1.47 bits per heavy atom. The van der Waals surface area contributed by atoms with Gasteiger partial charge in [-0.2, -0.15) is 0 Å². The molecule has 0 aliphatic carbocycles.